The van der Waals surface area contributed by atoms with Crippen LogP contribution < -0.4 is 0 Å². The van der Waals surface area contributed by atoms with E-state index in [1.807, 2.05) is 30.0 Å². The number of rotatable bonds is 1. The van der Waals surface area contributed by atoms with E-state index >= 15 is 0 Å². The zero-order valence-corrected chi connectivity index (χ0v) is 8.85. The lowest BCUT2D eigenvalue weighted by atomic mass is 10.6. The van der Waals surface area contributed by atoms with E-state index in [2.05, 4.69) is 4.99 Å². The minimum atomic E-state index is 1.09. The molecule has 0 saturated carbocycles. The van der Waals surface area contributed by atoms with Crippen molar-refractivity contribution < 1.29 is 0 Å². The predicted molar refractivity (Wildman–Crippen MR) is 58.4 cm³/mol. The molecule has 11 heavy (non-hydrogen) atoms. The largest absolute Gasteiger partial charge is 0.224 e. The van der Waals surface area contributed by atoms with Crippen molar-refractivity contribution in [3.8, 4) is 0 Å². The van der Waals surface area contributed by atoms with Crippen LogP contribution in [0.15, 0.2) is 22.5 Å². The van der Waals surface area contributed by atoms with Gasteiger partial charge >= 0.3 is 0 Å². The van der Waals surface area contributed by atoms with E-state index in [0.717, 1.165) is 9.38 Å². The van der Waals surface area contributed by atoms with Crippen LogP contribution in [0.1, 0.15) is 0 Å². The molecule has 4 heteroatoms. The van der Waals surface area contributed by atoms with E-state index in [0.29, 0.717) is 0 Å². The molecule has 1 heterocycles. The molecule has 0 N–H and O–H groups in total. The SMILES string of the molecule is CSC(=Nc1cccs1)SC. The van der Waals surface area contributed by atoms with Crippen LogP contribution in [0.5, 0.6) is 0 Å². The van der Waals surface area contributed by atoms with Crippen LogP contribution in [0.3, 0.4) is 0 Å². The molecule has 60 valence electrons. The molecule has 1 aromatic heterocycles. The predicted octanol–water partition coefficient (Wildman–Crippen LogP) is 3.46. The first-order chi connectivity index (χ1) is 5.36. The Morgan fingerprint density at radius 3 is 2.64 bits per heavy atom. The molecule has 1 rings (SSSR count). The fourth-order valence-electron chi connectivity index (χ4n) is 0.598. The third kappa shape index (κ3) is 2.89. The first-order valence-electron chi connectivity index (χ1n) is 3.07. The minimum Gasteiger partial charge on any atom is -0.224 e. The zero-order chi connectivity index (χ0) is 8.10. The van der Waals surface area contributed by atoms with Gasteiger partial charge in [0.1, 0.15) is 9.38 Å². The van der Waals surface area contributed by atoms with Gasteiger partial charge in [0.2, 0.25) is 0 Å². The zero-order valence-electron chi connectivity index (χ0n) is 6.40. The van der Waals surface area contributed by atoms with Gasteiger partial charge in [0.25, 0.3) is 0 Å². The maximum atomic E-state index is 4.42. The summed E-state index contributed by atoms with van der Waals surface area (Å²) in [5, 5.41) is 3.13. The van der Waals surface area contributed by atoms with Gasteiger partial charge in [-0.1, -0.05) is 0 Å². The number of thioether (sulfide) groups is 2. The molecule has 0 aromatic carbocycles. The van der Waals surface area contributed by atoms with Crippen molar-refractivity contribution in [2.75, 3.05) is 12.5 Å². The lowest BCUT2D eigenvalue weighted by molar-refractivity contribution is 1.68. The van der Waals surface area contributed by atoms with E-state index in [1.54, 1.807) is 34.9 Å². The van der Waals surface area contributed by atoms with Crippen LogP contribution >= 0.6 is 34.9 Å². The molecule has 0 saturated heterocycles. The standard InChI is InChI=1S/C7H9NS3/c1-9-7(10-2)8-6-4-3-5-11-6/h3-5H,1-2H3. The fraction of sp³-hybridized carbons (Fsp3) is 0.286. The van der Waals surface area contributed by atoms with Crippen LogP contribution in [0.25, 0.3) is 0 Å². The topological polar surface area (TPSA) is 12.4 Å². The molecule has 1 nitrogen and oxygen atoms in total. The van der Waals surface area contributed by atoms with Gasteiger partial charge in [-0.2, -0.15) is 0 Å². The maximum absolute atomic E-state index is 4.42. The summed E-state index contributed by atoms with van der Waals surface area (Å²) < 4.78 is 1.12. The van der Waals surface area contributed by atoms with Gasteiger partial charge in [-0.25, -0.2) is 4.99 Å². The van der Waals surface area contributed by atoms with E-state index in [-0.39, 0.29) is 0 Å². The highest BCUT2D eigenvalue weighted by atomic mass is 32.2. The van der Waals surface area contributed by atoms with E-state index in [4.69, 9.17) is 0 Å². The molecular weight excluding hydrogens is 194 g/mol. The van der Waals surface area contributed by atoms with E-state index < -0.39 is 0 Å². The van der Waals surface area contributed by atoms with Crippen LogP contribution in [-0.4, -0.2) is 16.9 Å². The summed E-state index contributed by atoms with van der Waals surface area (Å²) in [5.74, 6) is 0. The van der Waals surface area contributed by atoms with Crippen molar-refractivity contribution in [2.45, 2.75) is 0 Å². The number of aliphatic imine (C=N–C) groups is 1. The van der Waals surface area contributed by atoms with Crippen molar-refractivity contribution in [3.05, 3.63) is 17.5 Å². The Balaban J connectivity index is 2.71. The Kier molecular flexibility index (Phi) is 4.04. The van der Waals surface area contributed by atoms with Crippen molar-refractivity contribution in [3.63, 3.8) is 0 Å². The summed E-state index contributed by atoms with van der Waals surface area (Å²) in [5.41, 5.74) is 0. The van der Waals surface area contributed by atoms with Gasteiger partial charge < -0.3 is 0 Å². The molecular formula is C7H9NS3. The van der Waals surface area contributed by atoms with E-state index in [1.165, 1.54) is 0 Å². The van der Waals surface area contributed by atoms with Crippen molar-refractivity contribution in [2.24, 2.45) is 4.99 Å². The number of hydrogen-bond acceptors (Lipinski definition) is 4. The Morgan fingerprint density at radius 1 is 1.45 bits per heavy atom. The number of hydrogen-bond donors (Lipinski definition) is 0. The average molecular weight is 203 g/mol. The lowest BCUT2D eigenvalue weighted by Crippen LogP contribution is -1.78. The first kappa shape index (κ1) is 9.16. The van der Waals surface area contributed by atoms with Gasteiger partial charge in [0.05, 0.1) is 0 Å². The molecule has 1 aromatic rings. The normalized spacial score (nSPS) is 9.64. The van der Waals surface area contributed by atoms with Crippen molar-refractivity contribution in [1.82, 2.24) is 0 Å². The van der Waals surface area contributed by atoms with Crippen LogP contribution in [0.2, 0.25) is 0 Å². The van der Waals surface area contributed by atoms with Gasteiger partial charge in [-0.05, 0) is 30.0 Å². The second-order valence-electron chi connectivity index (χ2n) is 1.74. The Bertz CT molecular complexity index is 222. The second-order valence-corrected chi connectivity index (χ2v) is 4.51. The summed E-state index contributed by atoms with van der Waals surface area (Å²) in [4.78, 5) is 4.42. The van der Waals surface area contributed by atoms with Crippen LogP contribution in [0.4, 0.5) is 5.00 Å². The summed E-state index contributed by atoms with van der Waals surface area (Å²) in [6, 6.07) is 4.04. The maximum Gasteiger partial charge on any atom is 0.131 e. The fourth-order valence-corrected chi connectivity index (χ4v) is 2.36. The molecule has 0 fully saturated rings. The first-order valence-corrected chi connectivity index (χ1v) is 6.40. The Hall–Kier alpha value is 0.0700. The number of nitrogens with zero attached hydrogens (tertiary/aromatic N) is 1. The van der Waals surface area contributed by atoms with Gasteiger partial charge in [0.15, 0.2) is 0 Å². The minimum absolute atomic E-state index is 1.09. The van der Waals surface area contributed by atoms with Crippen LogP contribution in [-0.2, 0) is 0 Å². The molecule has 0 bridgehead atoms. The van der Waals surface area contributed by atoms with Crippen LogP contribution in [0, 0.1) is 0 Å². The van der Waals surface area contributed by atoms with E-state index in [9.17, 15) is 0 Å². The molecule has 0 atom stereocenters. The number of thiophene rings is 1. The quantitative estimate of drug-likeness (QED) is 0.512. The van der Waals surface area contributed by atoms with Gasteiger partial charge in [-0.15, -0.1) is 34.9 Å². The summed E-state index contributed by atoms with van der Waals surface area (Å²) in [6.07, 6.45) is 4.09. The summed E-state index contributed by atoms with van der Waals surface area (Å²) >= 11 is 5.04. The molecule has 0 radical (unpaired) electrons. The molecule has 0 unspecified atom stereocenters. The highest BCUT2D eigenvalue weighted by molar-refractivity contribution is 8.38. The Morgan fingerprint density at radius 2 is 2.18 bits per heavy atom. The monoisotopic (exact) mass is 203 g/mol. The smallest absolute Gasteiger partial charge is 0.131 e. The molecule has 0 aliphatic rings. The van der Waals surface area contributed by atoms with Crippen molar-refractivity contribution >= 4 is 44.2 Å². The molecule has 0 spiro atoms. The van der Waals surface area contributed by atoms with Crippen molar-refractivity contribution in [1.29, 1.82) is 0 Å². The second kappa shape index (κ2) is 4.85. The Labute approximate surface area is 79.3 Å². The van der Waals surface area contributed by atoms with Gasteiger partial charge in [-0.3, -0.25) is 0 Å². The lowest BCUT2D eigenvalue weighted by Gasteiger charge is -1.94. The third-order valence-electron chi connectivity index (χ3n) is 1.06. The highest BCUT2D eigenvalue weighted by Crippen LogP contribution is 2.23. The summed E-state index contributed by atoms with van der Waals surface area (Å²) in [7, 11) is 0. The summed E-state index contributed by atoms with van der Waals surface area (Å²) in [6.45, 7) is 0. The molecule has 0 amide bonds. The molecule has 0 aliphatic heterocycles. The molecule has 0 aliphatic carbocycles. The average Bonchev–Trinajstić information content (AvgIpc) is 2.52. The third-order valence-corrected chi connectivity index (χ3v) is 3.70. The highest BCUT2D eigenvalue weighted by Gasteiger charge is 1.94. The van der Waals surface area contributed by atoms with Gasteiger partial charge in [0, 0.05) is 0 Å².